The fraction of sp³-hybridized carbons (Fsp3) is 0.0800. The Balaban J connectivity index is 1.56. The lowest BCUT2D eigenvalue weighted by Gasteiger charge is -2.13. The van der Waals surface area contributed by atoms with Gasteiger partial charge in [0, 0.05) is 32.7 Å². The van der Waals surface area contributed by atoms with Crippen LogP contribution in [0.5, 0.6) is 0 Å². The third-order valence-corrected chi connectivity index (χ3v) is 6.11. The van der Waals surface area contributed by atoms with Crippen LogP contribution in [0.4, 0.5) is 5.69 Å². The van der Waals surface area contributed by atoms with Gasteiger partial charge in [0.2, 0.25) is 0 Å². The molecule has 0 fully saturated rings. The van der Waals surface area contributed by atoms with Crippen molar-refractivity contribution in [1.82, 2.24) is 9.99 Å². The summed E-state index contributed by atoms with van der Waals surface area (Å²) in [7, 11) is 0. The van der Waals surface area contributed by atoms with Gasteiger partial charge in [-0.2, -0.15) is 0 Å². The van der Waals surface area contributed by atoms with Gasteiger partial charge in [0.05, 0.1) is 5.52 Å². The van der Waals surface area contributed by atoms with Crippen molar-refractivity contribution in [2.75, 3.05) is 10.7 Å². The largest absolute Gasteiger partial charge is 0.344 e. The van der Waals surface area contributed by atoms with E-state index in [4.69, 9.17) is 34.8 Å². The first kappa shape index (κ1) is 24.6. The lowest BCUT2D eigenvalue weighted by molar-refractivity contribution is -0.136. The van der Waals surface area contributed by atoms with Crippen LogP contribution in [0.15, 0.2) is 66.7 Å². The number of anilines is 1. The maximum atomic E-state index is 13.1. The number of hydrogen-bond donors (Lipinski definition) is 3. The van der Waals surface area contributed by atoms with Crippen molar-refractivity contribution < 1.29 is 14.4 Å². The monoisotopic (exact) mass is 528 g/mol. The SMILES string of the molecule is Cc1ccc(NC(=O)c2cc3cc(Cl)ccc3n2NC(=O)C(=O)NCc2ccc(Cl)cc2)cc1Cl. The Morgan fingerprint density at radius 1 is 0.829 bits per heavy atom. The molecule has 0 aliphatic heterocycles. The molecule has 10 heteroatoms. The van der Waals surface area contributed by atoms with Gasteiger partial charge in [0.1, 0.15) is 5.69 Å². The molecule has 0 atom stereocenters. The van der Waals surface area contributed by atoms with Crippen LogP contribution < -0.4 is 16.1 Å². The normalized spacial score (nSPS) is 10.7. The van der Waals surface area contributed by atoms with Crippen LogP contribution in [-0.4, -0.2) is 22.4 Å². The fourth-order valence-corrected chi connectivity index (χ4v) is 3.84. The summed E-state index contributed by atoms with van der Waals surface area (Å²) in [4.78, 5) is 38.2. The molecule has 4 rings (SSSR count). The van der Waals surface area contributed by atoms with E-state index in [0.29, 0.717) is 31.7 Å². The van der Waals surface area contributed by atoms with Crippen LogP contribution in [0.3, 0.4) is 0 Å². The molecule has 1 aromatic heterocycles. The van der Waals surface area contributed by atoms with Crippen LogP contribution in [0, 0.1) is 6.92 Å². The van der Waals surface area contributed by atoms with Crippen molar-refractivity contribution in [2.45, 2.75) is 13.5 Å². The number of amides is 3. The minimum atomic E-state index is -0.946. The van der Waals surface area contributed by atoms with E-state index in [-0.39, 0.29) is 12.2 Å². The molecule has 0 aliphatic rings. The Morgan fingerprint density at radius 3 is 2.26 bits per heavy atom. The number of rotatable bonds is 5. The maximum Gasteiger partial charge on any atom is 0.328 e. The standard InChI is InChI=1S/C25H19Cl3N4O3/c1-14-2-8-19(12-20(14)28)30-23(33)22-11-16-10-18(27)7-9-21(16)32(22)31-25(35)24(34)29-13-15-3-5-17(26)6-4-15/h2-12H,13H2,1H3,(H,29,34)(H,30,33)(H,31,35). The van der Waals surface area contributed by atoms with E-state index >= 15 is 0 Å². The summed E-state index contributed by atoms with van der Waals surface area (Å²) >= 11 is 18.1. The Morgan fingerprint density at radius 2 is 1.54 bits per heavy atom. The number of fused-ring (bicyclic) bond motifs is 1. The maximum absolute atomic E-state index is 13.1. The first-order valence-corrected chi connectivity index (χ1v) is 11.6. The predicted molar refractivity (Wildman–Crippen MR) is 139 cm³/mol. The van der Waals surface area contributed by atoms with Crippen molar-refractivity contribution in [3.05, 3.63) is 98.6 Å². The van der Waals surface area contributed by atoms with Crippen molar-refractivity contribution >= 4 is 69.1 Å². The van der Waals surface area contributed by atoms with Gasteiger partial charge < -0.3 is 10.6 Å². The Labute approximate surface area is 215 Å². The molecule has 3 aromatic carbocycles. The van der Waals surface area contributed by atoms with Crippen LogP contribution in [0.25, 0.3) is 10.9 Å². The highest BCUT2D eigenvalue weighted by molar-refractivity contribution is 6.38. The summed E-state index contributed by atoms with van der Waals surface area (Å²) in [5, 5.41) is 7.43. The first-order valence-electron chi connectivity index (χ1n) is 10.4. The molecule has 7 nitrogen and oxygen atoms in total. The fourth-order valence-electron chi connectivity index (χ4n) is 3.36. The average molecular weight is 530 g/mol. The number of nitrogens with one attached hydrogen (secondary N) is 3. The van der Waals surface area contributed by atoms with Gasteiger partial charge in [-0.3, -0.25) is 19.8 Å². The minimum Gasteiger partial charge on any atom is -0.344 e. The molecule has 0 radical (unpaired) electrons. The van der Waals surface area contributed by atoms with Gasteiger partial charge >= 0.3 is 11.8 Å². The summed E-state index contributed by atoms with van der Waals surface area (Å²) in [6.45, 7) is 1.98. The summed E-state index contributed by atoms with van der Waals surface area (Å²) < 4.78 is 1.25. The van der Waals surface area contributed by atoms with E-state index in [1.165, 1.54) is 4.68 Å². The van der Waals surface area contributed by atoms with Gasteiger partial charge in [-0.05, 0) is 66.6 Å². The highest BCUT2D eigenvalue weighted by Crippen LogP contribution is 2.25. The van der Waals surface area contributed by atoms with E-state index < -0.39 is 17.7 Å². The van der Waals surface area contributed by atoms with E-state index in [2.05, 4.69) is 16.1 Å². The number of carbonyl (C=O) groups is 3. The van der Waals surface area contributed by atoms with Crippen LogP contribution >= 0.6 is 34.8 Å². The number of aromatic nitrogens is 1. The van der Waals surface area contributed by atoms with Crippen molar-refractivity contribution in [3.63, 3.8) is 0 Å². The van der Waals surface area contributed by atoms with E-state index in [0.717, 1.165) is 11.1 Å². The third-order valence-electron chi connectivity index (χ3n) is 5.21. The van der Waals surface area contributed by atoms with Crippen molar-refractivity contribution in [1.29, 1.82) is 0 Å². The second-order valence-corrected chi connectivity index (χ2v) is 9.02. The topological polar surface area (TPSA) is 92.2 Å². The lowest BCUT2D eigenvalue weighted by atomic mass is 10.2. The van der Waals surface area contributed by atoms with Crippen molar-refractivity contribution in [2.24, 2.45) is 0 Å². The molecule has 178 valence electrons. The summed E-state index contributed by atoms with van der Waals surface area (Å²) in [5.41, 5.74) is 5.20. The molecule has 3 N–H and O–H groups in total. The van der Waals surface area contributed by atoms with Crippen LogP contribution in [0.1, 0.15) is 21.6 Å². The smallest absolute Gasteiger partial charge is 0.328 e. The molecule has 35 heavy (non-hydrogen) atoms. The molecule has 1 heterocycles. The molecule has 0 spiro atoms. The molecule has 0 aliphatic carbocycles. The van der Waals surface area contributed by atoms with Gasteiger partial charge in [-0.15, -0.1) is 0 Å². The molecule has 0 unspecified atom stereocenters. The van der Waals surface area contributed by atoms with Crippen molar-refractivity contribution in [3.8, 4) is 0 Å². The highest BCUT2D eigenvalue weighted by Gasteiger charge is 2.21. The van der Waals surface area contributed by atoms with Gasteiger partial charge in [0.25, 0.3) is 5.91 Å². The molecule has 4 aromatic rings. The van der Waals surface area contributed by atoms with Crippen LogP contribution in [-0.2, 0) is 16.1 Å². The minimum absolute atomic E-state index is 0.0952. The third kappa shape index (κ3) is 5.77. The molecular weight excluding hydrogens is 511 g/mol. The molecule has 0 saturated carbocycles. The van der Waals surface area contributed by atoms with Crippen LogP contribution in [0.2, 0.25) is 15.1 Å². The van der Waals surface area contributed by atoms with Gasteiger partial charge in [-0.25, -0.2) is 4.68 Å². The molecule has 0 bridgehead atoms. The number of hydrogen-bond acceptors (Lipinski definition) is 3. The summed E-state index contributed by atoms with van der Waals surface area (Å²) in [6.07, 6.45) is 0. The lowest BCUT2D eigenvalue weighted by Crippen LogP contribution is -2.39. The number of aryl methyl sites for hydroxylation is 1. The predicted octanol–water partition coefficient (Wildman–Crippen LogP) is 5.55. The zero-order valence-corrected chi connectivity index (χ0v) is 20.6. The average Bonchev–Trinajstić information content (AvgIpc) is 3.18. The molecular formula is C25H19Cl3N4O3. The quantitative estimate of drug-likeness (QED) is 0.296. The number of benzene rings is 3. The van der Waals surface area contributed by atoms with E-state index in [9.17, 15) is 14.4 Å². The summed E-state index contributed by atoms with van der Waals surface area (Å²) in [5.74, 6) is -2.33. The zero-order valence-electron chi connectivity index (χ0n) is 18.4. The number of carbonyl (C=O) groups excluding carboxylic acids is 3. The zero-order chi connectivity index (χ0) is 25.1. The highest BCUT2D eigenvalue weighted by atomic mass is 35.5. The van der Waals surface area contributed by atoms with Gasteiger partial charge in [0.15, 0.2) is 0 Å². The van der Waals surface area contributed by atoms with E-state index in [1.807, 2.05) is 6.92 Å². The second kappa shape index (κ2) is 10.4. The first-order chi connectivity index (χ1) is 16.7. The second-order valence-electron chi connectivity index (χ2n) is 7.74. The molecule has 3 amide bonds. The van der Waals surface area contributed by atoms with Gasteiger partial charge in [-0.1, -0.05) is 53.0 Å². The van der Waals surface area contributed by atoms with E-state index in [1.54, 1.807) is 66.7 Å². The Hall–Kier alpha value is -3.52. The number of halogens is 3. The summed E-state index contributed by atoms with van der Waals surface area (Å²) in [6, 6.07) is 18.5. The molecule has 0 saturated heterocycles. The Bertz CT molecular complexity index is 1450. The Kier molecular flexibility index (Phi) is 7.31. The number of nitrogens with zero attached hydrogens (tertiary/aromatic N) is 1.